The number of benzene rings is 2. The molecule has 10 heteroatoms. The highest BCUT2D eigenvalue weighted by molar-refractivity contribution is 7.92. The summed E-state index contributed by atoms with van der Waals surface area (Å²) >= 11 is 5.97. The van der Waals surface area contributed by atoms with Gasteiger partial charge in [0.1, 0.15) is 11.9 Å². The number of carbonyl (C=O) groups excluding carboxylic acids is 2. The maximum Gasteiger partial charge on any atom is 0.242 e. The minimum Gasteiger partial charge on any atom is -0.354 e. The smallest absolute Gasteiger partial charge is 0.242 e. The van der Waals surface area contributed by atoms with Gasteiger partial charge in [0.2, 0.25) is 21.8 Å². The fourth-order valence-electron chi connectivity index (χ4n) is 3.54. The number of hydrogen-bond acceptors (Lipinski definition) is 4. The predicted octanol–water partition coefficient (Wildman–Crippen LogP) is 4.36. The van der Waals surface area contributed by atoms with E-state index in [1.165, 1.54) is 23.1 Å². The van der Waals surface area contributed by atoms with E-state index in [0.29, 0.717) is 11.6 Å². The highest BCUT2D eigenvalue weighted by atomic mass is 35.5. The standard InChI is InChI=1S/C25H33ClFN3O4S/c1-4-5-16-28-25(32)19(2)29(18-20-12-14-21(26)15-13-20)24(31)11-8-17-30(35(3,33)34)23-10-7-6-9-22(23)27/h6-7,9-10,12-15,19H,4-5,8,11,16-18H2,1-3H3,(H,28,32)/t19-/m0/s1. The maximum atomic E-state index is 14.2. The lowest BCUT2D eigenvalue weighted by molar-refractivity contribution is -0.140. The van der Waals surface area contributed by atoms with Gasteiger partial charge in [-0.25, -0.2) is 12.8 Å². The molecular weight excluding hydrogens is 493 g/mol. The maximum absolute atomic E-state index is 14.2. The van der Waals surface area contributed by atoms with Crippen LogP contribution in [0.15, 0.2) is 48.5 Å². The lowest BCUT2D eigenvalue weighted by Crippen LogP contribution is -2.48. The molecule has 0 aliphatic carbocycles. The molecule has 35 heavy (non-hydrogen) atoms. The normalized spacial score (nSPS) is 12.1. The van der Waals surface area contributed by atoms with Crippen LogP contribution in [0.1, 0.15) is 45.1 Å². The molecule has 0 spiro atoms. The molecule has 0 saturated carbocycles. The van der Waals surface area contributed by atoms with Crippen molar-refractivity contribution < 1.29 is 22.4 Å². The Morgan fingerprint density at radius 1 is 1.09 bits per heavy atom. The third-order valence-electron chi connectivity index (χ3n) is 5.54. The molecule has 0 fully saturated rings. The van der Waals surface area contributed by atoms with Gasteiger partial charge in [-0.05, 0) is 49.6 Å². The third-order valence-corrected chi connectivity index (χ3v) is 6.97. The number of carbonyl (C=O) groups is 2. The van der Waals surface area contributed by atoms with Crippen molar-refractivity contribution in [1.82, 2.24) is 10.2 Å². The van der Waals surface area contributed by atoms with E-state index in [2.05, 4.69) is 5.32 Å². The van der Waals surface area contributed by atoms with Gasteiger partial charge >= 0.3 is 0 Å². The van der Waals surface area contributed by atoms with Crippen LogP contribution in [0.3, 0.4) is 0 Å². The van der Waals surface area contributed by atoms with Crippen LogP contribution in [0, 0.1) is 5.82 Å². The average molecular weight is 526 g/mol. The van der Waals surface area contributed by atoms with Crippen molar-refractivity contribution in [1.29, 1.82) is 0 Å². The highest BCUT2D eigenvalue weighted by Gasteiger charge is 2.27. The van der Waals surface area contributed by atoms with Crippen molar-refractivity contribution in [3.63, 3.8) is 0 Å². The Labute approximate surface area is 212 Å². The highest BCUT2D eigenvalue weighted by Crippen LogP contribution is 2.22. The van der Waals surface area contributed by atoms with Crippen LogP contribution in [0.25, 0.3) is 0 Å². The fourth-order valence-corrected chi connectivity index (χ4v) is 4.63. The van der Waals surface area contributed by atoms with E-state index in [4.69, 9.17) is 11.6 Å². The molecule has 2 aromatic carbocycles. The molecule has 0 bridgehead atoms. The van der Waals surface area contributed by atoms with E-state index in [1.807, 2.05) is 6.92 Å². The van der Waals surface area contributed by atoms with E-state index in [-0.39, 0.29) is 43.4 Å². The summed E-state index contributed by atoms with van der Waals surface area (Å²) in [5.74, 6) is -1.23. The van der Waals surface area contributed by atoms with Gasteiger partial charge < -0.3 is 10.2 Å². The number of sulfonamides is 1. The summed E-state index contributed by atoms with van der Waals surface area (Å²) in [6.07, 6.45) is 2.90. The molecular formula is C25H33ClFN3O4S. The molecule has 0 unspecified atom stereocenters. The van der Waals surface area contributed by atoms with E-state index < -0.39 is 21.9 Å². The van der Waals surface area contributed by atoms with E-state index in [1.54, 1.807) is 37.3 Å². The van der Waals surface area contributed by atoms with Crippen molar-refractivity contribution in [2.45, 2.75) is 52.1 Å². The van der Waals surface area contributed by atoms with Crippen molar-refractivity contribution in [2.75, 3.05) is 23.7 Å². The molecule has 0 heterocycles. The number of anilines is 1. The SMILES string of the molecule is CCCCNC(=O)[C@H](C)N(Cc1ccc(Cl)cc1)C(=O)CCCN(c1ccccc1F)S(C)(=O)=O. The Kier molecular flexibility index (Phi) is 11.0. The first kappa shape index (κ1) is 28.6. The second-order valence-electron chi connectivity index (χ2n) is 8.36. The number of nitrogens with one attached hydrogen (secondary N) is 1. The quantitative estimate of drug-likeness (QED) is 0.394. The number of halogens is 2. The number of nitrogens with zero attached hydrogens (tertiary/aromatic N) is 2. The average Bonchev–Trinajstić information content (AvgIpc) is 2.81. The molecule has 2 amide bonds. The van der Waals surface area contributed by atoms with Crippen LogP contribution in [-0.2, 0) is 26.2 Å². The van der Waals surface area contributed by atoms with Gasteiger partial charge in [-0.1, -0.05) is 49.2 Å². The van der Waals surface area contributed by atoms with Crippen molar-refractivity contribution in [2.24, 2.45) is 0 Å². The van der Waals surface area contributed by atoms with Crippen LogP contribution < -0.4 is 9.62 Å². The van der Waals surface area contributed by atoms with Crippen LogP contribution in [0.2, 0.25) is 5.02 Å². The van der Waals surface area contributed by atoms with Crippen LogP contribution in [-0.4, -0.2) is 50.5 Å². The summed E-state index contributed by atoms with van der Waals surface area (Å²) in [5, 5.41) is 3.41. The molecule has 0 aliphatic heterocycles. The molecule has 2 aromatic rings. The second-order valence-corrected chi connectivity index (χ2v) is 10.7. The van der Waals surface area contributed by atoms with Gasteiger partial charge in [-0.3, -0.25) is 13.9 Å². The van der Waals surface area contributed by atoms with Crippen LogP contribution >= 0.6 is 11.6 Å². The number of rotatable bonds is 13. The molecule has 7 nitrogen and oxygen atoms in total. The Bertz CT molecular complexity index is 1100. The minimum absolute atomic E-state index is 0.0133. The number of amides is 2. The van der Waals surface area contributed by atoms with Gasteiger partial charge in [-0.15, -0.1) is 0 Å². The summed E-state index contributed by atoms with van der Waals surface area (Å²) in [7, 11) is -3.76. The molecule has 1 atom stereocenters. The Morgan fingerprint density at radius 3 is 2.34 bits per heavy atom. The summed E-state index contributed by atoms with van der Waals surface area (Å²) in [6.45, 7) is 4.33. The molecule has 0 saturated heterocycles. The van der Waals surface area contributed by atoms with Crippen molar-refractivity contribution >= 4 is 39.1 Å². The van der Waals surface area contributed by atoms with Crippen LogP contribution in [0.4, 0.5) is 10.1 Å². The summed E-state index contributed by atoms with van der Waals surface area (Å²) in [6, 6.07) is 11.9. The Morgan fingerprint density at radius 2 is 1.74 bits per heavy atom. The van der Waals surface area contributed by atoms with Gasteiger partial charge in [0.05, 0.1) is 11.9 Å². The molecule has 1 N–H and O–H groups in total. The minimum atomic E-state index is -3.76. The van der Waals surface area contributed by atoms with E-state index in [0.717, 1.165) is 29.0 Å². The van der Waals surface area contributed by atoms with E-state index in [9.17, 15) is 22.4 Å². The van der Waals surface area contributed by atoms with Crippen molar-refractivity contribution in [3.8, 4) is 0 Å². The molecule has 192 valence electrons. The first-order valence-electron chi connectivity index (χ1n) is 11.6. The van der Waals surface area contributed by atoms with Gasteiger partial charge in [-0.2, -0.15) is 0 Å². The monoisotopic (exact) mass is 525 g/mol. The third kappa shape index (κ3) is 8.81. The number of hydrogen-bond donors (Lipinski definition) is 1. The fraction of sp³-hybridized carbons (Fsp3) is 0.440. The number of para-hydroxylation sites is 1. The molecule has 0 radical (unpaired) electrons. The van der Waals surface area contributed by atoms with Crippen LogP contribution in [0.5, 0.6) is 0 Å². The summed E-state index contributed by atoms with van der Waals surface area (Å²) in [4.78, 5) is 27.4. The van der Waals surface area contributed by atoms with Gasteiger partial charge in [0, 0.05) is 31.1 Å². The Hall–Kier alpha value is -2.65. The second kappa shape index (κ2) is 13.4. The number of unbranched alkanes of at least 4 members (excludes halogenated alkanes) is 1. The largest absolute Gasteiger partial charge is 0.354 e. The molecule has 2 rings (SSSR count). The van der Waals surface area contributed by atoms with Gasteiger partial charge in [0.25, 0.3) is 0 Å². The lowest BCUT2D eigenvalue weighted by atomic mass is 10.1. The lowest BCUT2D eigenvalue weighted by Gasteiger charge is -2.29. The van der Waals surface area contributed by atoms with Crippen molar-refractivity contribution in [3.05, 3.63) is 64.9 Å². The predicted molar refractivity (Wildman–Crippen MR) is 137 cm³/mol. The summed E-state index contributed by atoms with van der Waals surface area (Å²) < 4.78 is 39.8. The topological polar surface area (TPSA) is 86.8 Å². The van der Waals surface area contributed by atoms with Gasteiger partial charge in [0.15, 0.2) is 0 Å². The zero-order valence-corrected chi connectivity index (χ0v) is 21.9. The van der Waals surface area contributed by atoms with E-state index >= 15 is 0 Å². The zero-order valence-electron chi connectivity index (χ0n) is 20.3. The first-order valence-corrected chi connectivity index (χ1v) is 13.8. The Balaban J connectivity index is 2.14. The molecule has 0 aliphatic rings. The summed E-state index contributed by atoms with van der Waals surface area (Å²) in [5.41, 5.74) is 0.740. The first-order chi connectivity index (χ1) is 16.5. The zero-order chi connectivity index (χ0) is 26.0. The molecule has 0 aromatic heterocycles.